The Balaban J connectivity index is 1.61. The smallest absolute Gasteiger partial charge is 0.240 e. The van der Waals surface area contributed by atoms with Gasteiger partial charge in [0, 0.05) is 39.4 Å². The second-order valence-corrected chi connectivity index (χ2v) is 7.67. The van der Waals surface area contributed by atoms with Crippen molar-refractivity contribution in [2.75, 3.05) is 26.3 Å². The van der Waals surface area contributed by atoms with Crippen LogP contribution >= 0.6 is 0 Å². The molecular weight excluding hydrogens is 330 g/mol. The van der Waals surface area contributed by atoms with Crippen molar-refractivity contribution in [3.05, 3.63) is 35.4 Å². The number of carbonyl (C=O) groups excluding carboxylic acids is 1. The molecule has 0 aliphatic carbocycles. The highest BCUT2D eigenvalue weighted by molar-refractivity contribution is 5.86. The second kappa shape index (κ2) is 8.48. The number of rotatable bonds is 5. The van der Waals surface area contributed by atoms with Crippen molar-refractivity contribution in [1.82, 2.24) is 10.2 Å². The summed E-state index contributed by atoms with van der Waals surface area (Å²) in [5, 5.41) is 3.04. The van der Waals surface area contributed by atoms with Gasteiger partial charge in [0.15, 0.2) is 0 Å². The molecule has 1 aromatic rings. The zero-order chi connectivity index (χ0) is 18.6. The van der Waals surface area contributed by atoms with Crippen LogP contribution in [0.15, 0.2) is 24.3 Å². The van der Waals surface area contributed by atoms with Gasteiger partial charge in [0.25, 0.3) is 0 Å². The van der Waals surface area contributed by atoms with E-state index in [2.05, 4.69) is 42.3 Å². The molecule has 0 bridgehead atoms. The number of ether oxygens (including phenoxy) is 2. The molecule has 2 heterocycles. The lowest BCUT2D eigenvalue weighted by Gasteiger charge is -2.35. The maximum Gasteiger partial charge on any atom is 0.240 e. The molecule has 6 heteroatoms. The largest absolute Gasteiger partial charge is 0.381 e. The predicted octanol–water partition coefficient (Wildman–Crippen LogP) is 1.42. The van der Waals surface area contributed by atoms with E-state index in [1.54, 1.807) is 0 Å². The van der Waals surface area contributed by atoms with Crippen LogP contribution in [0.2, 0.25) is 0 Å². The summed E-state index contributed by atoms with van der Waals surface area (Å²) in [6, 6.07) is 8.29. The molecule has 144 valence electrons. The standard InChI is InChI=1S/C20H31N3O3/c1-15-12-23(13-16(2)26-15)14-18-6-4-3-5-17(18)11-22-19(24)20(21)7-9-25-10-8-20/h3-6,15-16H,7-14,21H2,1-2H3,(H,22,24). The number of carbonyl (C=O) groups is 1. The topological polar surface area (TPSA) is 76.8 Å². The van der Waals surface area contributed by atoms with Crippen LogP contribution in [-0.2, 0) is 27.4 Å². The summed E-state index contributed by atoms with van der Waals surface area (Å²) in [5.41, 5.74) is 7.85. The van der Waals surface area contributed by atoms with Crippen LogP contribution in [0.5, 0.6) is 0 Å². The minimum atomic E-state index is -0.803. The van der Waals surface area contributed by atoms with Crippen LogP contribution < -0.4 is 11.1 Å². The molecule has 26 heavy (non-hydrogen) atoms. The lowest BCUT2D eigenvalue weighted by atomic mass is 9.90. The first kappa shape index (κ1) is 19.3. The van der Waals surface area contributed by atoms with Gasteiger partial charge in [-0.25, -0.2) is 0 Å². The Bertz CT molecular complexity index is 606. The molecule has 0 aromatic heterocycles. The molecule has 1 aromatic carbocycles. The van der Waals surface area contributed by atoms with Crippen LogP contribution in [0.4, 0.5) is 0 Å². The third-order valence-electron chi connectivity index (χ3n) is 5.28. The third kappa shape index (κ3) is 4.82. The molecule has 0 spiro atoms. The Kier molecular flexibility index (Phi) is 6.29. The normalized spacial score (nSPS) is 26.4. The molecule has 2 unspecified atom stereocenters. The van der Waals surface area contributed by atoms with E-state index in [-0.39, 0.29) is 18.1 Å². The number of nitrogens with one attached hydrogen (secondary N) is 1. The van der Waals surface area contributed by atoms with Crippen molar-refractivity contribution in [2.45, 2.75) is 57.5 Å². The molecule has 6 nitrogen and oxygen atoms in total. The van der Waals surface area contributed by atoms with Crippen molar-refractivity contribution >= 4 is 5.91 Å². The third-order valence-corrected chi connectivity index (χ3v) is 5.28. The lowest BCUT2D eigenvalue weighted by molar-refractivity contribution is -0.129. The van der Waals surface area contributed by atoms with E-state index < -0.39 is 5.54 Å². The van der Waals surface area contributed by atoms with E-state index in [1.807, 2.05) is 6.07 Å². The molecule has 3 N–H and O–H groups in total. The van der Waals surface area contributed by atoms with E-state index in [0.29, 0.717) is 32.6 Å². The molecular formula is C20H31N3O3. The fourth-order valence-corrected chi connectivity index (χ4v) is 3.85. The van der Waals surface area contributed by atoms with Crippen molar-refractivity contribution < 1.29 is 14.3 Å². The first-order chi connectivity index (χ1) is 12.5. The number of nitrogens with zero attached hydrogens (tertiary/aromatic N) is 1. The van der Waals surface area contributed by atoms with Gasteiger partial charge in [-0.05, 0) is 37.8 Å². The molecule has 0 radical (unpaired) electrons. The second-order valence-electron chi connectivity index (χ2n) is 7.67. The summed E-state index contributed by atoms with van der Waals surface area (Å²) in [4.78, 5) is 15.0. The van der Waals surface area contributed by atoms with Crippen molar-refractivity contribution in [3.63, 3.8) is 0 Å². The van der Waals surface area contributed by atoms with Crippen LogP contribution in [0.25, 0.3) is 0 Å². The first-order valence-corrected chi connectivity index (χ1v) is 9.56. The summed E-state index contributed by atoms with van der Waals surface area (Å²) in [6.45, 7) is 8.55. The maximum atomic E-state index is 12.6. The minimum absolute atomic E-state index is 0.0794. The number of benzene rings is 1. The Labute approximate surface area is 156 Å². The van der Waals surface area contributed by atoms with Gasteiger partial charge in [-0.15, -0.1) is 0 Å². The summed E-state index contributed by atoms with van der Waals surface area (Å²) in [7, 11) is 0. The van der Waals surface area contributed by atoms with E-state index >= 15 is 0 Å². The fourth-order valence-electron chi connectivity index (χ4n) is 3.85. The van der Waals surface area contributed by atoms with E-state index in [0.717, 1.165) is 25.2 Å². The Morgan fingerprint density at radius 1 is 1.19 bits per heavy atom. The van der Waals surface area contributed by atoms with Crippen LogP contribution in [0.1, 0.15) is 37.8 Å². The molecule has 2 aliphatic rings. The number of hydrogen-bond donors (Lipinski definition) is 2. The van der Waals surface area contributed by atoms with Crippen LogP contribution in [0.3, 0.4) is 0 Å². The summed E-state index contributed by atoms with van der Waals surface area (Å²) < 4.78 is 11.1. The summed E-state index contributed by atoms with van der Waals surface area (Å²) in [5.74, 6) is -0.0794. The first-order valence-electron chi connectivity index (χ1n) is 9.56. The van der Waals surface area contributed by atoms with Crippen molar-refractivity contribution in [3.8, 4) is 0 Å². The number of hydrogen-bond acceptors (Lipinski definition) is 5. The molecule has 3 rings (SSSR count). The number of morpholine rings is 1. The van der Waals surface area contributed by atoms with E-state index in [4.69, 9.17) is 15.2 Å². The molecule has 1 amide bonds. The van der Waals surface area contributed by atoms with Gasteiger partial charge < -0.3 is 20.5 Å². The van der Waals surface area contributed by atoms with Crippen molar-refractivity contribution in [2.24, 2.45) is 5.73 Å². The summed E-state index contributed by atoms with van der Waals surface area (Å²) >= 11 is 0. The fraction of sp³-hybridized carbons (Fsp3) is 0.650. The average molecular weight is 361 g/mol. The highest BCUT2D eigenvalue weighted by atomic mass is 16.5. The molecule has 0 saturated carbocycles. The van der Waals surface area contributed by atoms with Crippen LogP contribution in [0, 0.1) is 0 Å². The number of nitrogens with two attached hydrogens (primary N) is 1. The monoisotopic (exact) mass is 361 g/mol. The van der Waals surface area contributed by atoms with Gasteiger partial charge >= 0.3 is 0 Å². The molecule has 2 aliphatic heterocycles. The zero-order valence-corrected chi connectivity index (χ0v) is 15.9. The Morgan fingerprint density at radius 3 is 2.46 bits per heavy atom. The van der Waals surface area contributed by atoms with Gasteiger partial charge in [0.2, 0.25) is 5.91 Å². The Morgan fingerprint density at radius 2 is 1.81 bits per heavy atom. The van der Waals surface area contributed by atoms with Gasteiger partial charge in [0.1, 0.15) is 0 Å². The van der Waals surface area contributed by atoms with Crippen LogP contribution in [-0.4, -0.2) is 54.9 Å². The highest BCUT2D eigenvalue weighted by Gasteiger charge is 2.35. The average Bonchev–Trinajstić information content (AvgIpc) is 2.60. The van der Waals surface area contributed by atoms with Crippen molar-refractivity contribution in [1.29, 1.82) is 0 Å². The Hall–Kier alpha value is -1.47. The molecule has 2 atom stereocenters. The SMILES string of the molecule is CC1CN(Cc2ccccc2CNC(=O)C2(N)CCOCC2)CC(C)O1. The summed E-state index contributed by atoms with van der Waals surface area (Å²) in [6.07, 6.45) is 1.64. The molecule has 2 fully saturated rings. The quantitative estimate of drug-likeness (QED) is 0.829. The maximum absolute atomic E-state index is 12.6. The highest BCUT2D eigenvalue weighted by Crippen LogP contribution is 2.19. The van der Waals surface area contributed by atoms with Gasteiger partial charge in [-0.1, -0.05) is 24.3 Å². The van der Waals surface area contributed by atoms with Gasteiger partial charge in [0.05, 0.1) is 17.7 Å². The predicted molar refractivity (Wildman–Crippen MR) is 101 cm³/mol. The lowest BCUT2D eigenvalue weighted by Crippen LogP contribution is -2.56. The van der Waals surface area contributed by atoms with Gasteiger partial charge in [-0.3, -0.25) is 9.69 Å². The number of amides is 1. The zero-order valence-electron chi connectivity index (χ0n) is 15.9. The van der Waals surface area contributed by atoms with Gasteiger partial charge in [-0.2, -0.15) is 0 Å². The van der Waals surface area contributed by atoms with E-state index in [1.165, 1.54) is 5.56 Å². The van der Waals surface area contributed by atoms with E-state index in [9.17, 15) is 4.79 Å². The molecule has 2 saturated heterocycles. The minimum Gasteiger partial charge on any atom is -0.381 e.